The largest absolute Gasteiger partial charge is 0.451 e. The number of hydrogen-bond donors (Lipinski definition) is 0. The number of rotatable bonds is 6. The number of amides is 1. The first-order chi connectivity index (χ1) is 13.2. The van der Waals surface area contributed by atoms with Crippen LogP contribution in [0.5, 0.6) is 0 Å². The highest BCUT2D eigenvalue weighted by Gasteiger charge is 2.32. The molecule has 2 unspecified atom stereocenters. The third kappa shape index (κ3) is 4.25. The Bertz CT molecular complexity index is 940. The number of nitrogens with zero attached hydrogens (tertiary/aromatic N) is 2. The van der Waals surface area contributed by atoms with Gasteiger partial charge in [-0.1, -0.05) is 27.2 Å². The van der Waals surface area contributed by atoms with Crippen LogP contribution in [-0.4, -0.2) is 50.2 Å². The number of unbranched alkanes of at least 4 members (excludes halogenated alkanes) is 1. The second-order valence-electron chi connectivity index (χ2n) is 8.16. The number of benzene rings is 1. The van der Waals surface area contributed by atoms with E-state index in [2.05, 4.69) is 20.8 Å². The summed E-state index contributed by atoms with van der Waals surface area (Å²) in [6, 6.07) is 6.46. The van der Waals surface area contributed by atoms with Crippen LogP contribution in [0.2, 0.25) is 0 Å². The normalized spacial score (nSPS) is 21.1. The van der Waals surface area contributed by atoms with E-state index >= 15 is 0 Å². The SMILES string of the molecule is CCCCN(C)C(=O)c1cc2cc(S(=O)(=O)N3CC(C)CC(C)C3)ccc2o1. The molecule has 2 aromatic rings. The second-order valence-corrected chi connectivity index (χ2v) is 10.1. The van der Waals surface area contributed by atoms with Crippen LogP contribution >= 0.6 is 0 Å². The summed E-state index contributed by atoms with van der Waals surface area (Å²) in [4.78, 5) is 14.4. The van der Waals surface area contributed by atoms with E-state index in [0.29, 0.717) is 42.4 Å². The average molecular weight is 407 g/mol. The molecule has 28 heavy (non-hydrogen) atoms. The summed E-state index contributed by atoms with van der Waals surface area (Å²) in [6.07, 6.45) is 2.98. The number of carbonyl (C=O) groups excluding carboxylic acids is 1. The van der Waals surface area contributed by atoms with Gasteiger partial charge in [-0.2, -0.15) is 4.31 Å². The lowest BCUT2D eigenvalue weighted by atomic mass is 9.94. The van der Waals surface area contributed by atoms with E-state index in [0.717, 1.165) is 19.3 Å². The molecular weight excluding hydrogens is 376 g/mol. The molecule has 0 N–H and O–H groups in total. The molecule has 0 aliphatic carbocycles. The van der Waals surface area contributed by atoms with E-state index in [9.17, 15) is 13.2 Å². The van der Waals surface area contributed by atoms with Crippen molar-refractivity contribution >= 4 is 26.9 Å². The average Bonchev–Trinajstić information content (AvgIpc) is 3.07. The van der Waals surface area contributed by atoms with Crippen molar-refractivity contribution in [3.8, 4) is 0 Å². The van der Waals surface area contributed by atoms with E-state index in [-0.39, 0.29) is 16.6 Å². The van der Waals surface area contributed by atoms with Crippen LogP contribution in [0.15, 0.2) is 33.6 Å². The zero-order valence-corrected chi connectivity index (χ0v) is 18.0. The van der Waals surface area contributed by atoms with Crippen LogP contribution in [0, 0.1) is 11.8 Å². The summed E-state index contributed by atoms with van der Waals surface area (Å²) >= 11 is 0. The highest BCUT2D eigenvalue weighted by Crippen LogP contribution is 2.29. The van der Waals surface area contributed by atoms with Gasteiger partial charge in [-0.25, -0.2) is 8.42 Å². The number of hydrogen-bond acceptors (Lipinski definition) is 4. The maximum Gasteiger partial charge on any atom is 0.289 e. The third-order valence-corrected chi connectivity index (χ3v) is 7.19. The fraction of sp³-hybridized carbons (Fsp3) is 0.571. The van der Waals surface area contributed by atoms with Crippen LogP contribution in [0.4, 0.5) is 0 Å². The maximum atomic E-state index is 13.1. The minimum Gasteiger partial charge on any atom is -0.451 e. The Morgan fingerprint density at radius 2 is 1.89 bits per heavy atom. The molecule has 2 atom stereocenters. The Labute approximate surface area is 167 Å². The van der Waals surface area contributed by atoms with E-state index in [1.54, 1.807) is 40.5 Å². The minimum atomic E-state index is -3.56. The fourth-order valence-corrected chi connectivity index (χ4v) is 5.64. The summed E-state index contributed by atoms with van der Waals surface area (Å²) in [5.74, 6) is 0.745. The van der Waals surface area contributed by atoms with Gasteiger partial charge < -0.3 is 9.32 Å². The third-order valence-electron chi connectivity index (χ3n) is 5.37. The van der Waals surface area contributed by atoms with E-state index in [1.165, 1.54) is 0 Å². The Morgan fingerprint density at radius 3 is 2.54 bits per heavy atom. The van der Waals surface area contributed by atoms with Crippen molar-refractivity contribution < 1.29 is 17.6 Å². The number of sulfonamides is 1. The Morgan fingerprint density at radius 1 is 1.21 bits per heavy atom. The summed E-state index contributed by atoms with van der Waals surface area (Å²) in [5, 5.41) is 0.631. The molecule has 1 amide bonds. The zero-order valence-electron chi connectivity index (χ0n) is 17.1. The summed E-state index contributed by atoms with van der Waals surface area (Å²) in [5.41, 5.74) is 0.520. The highest BCUT2D eigenvalue weighted by molar-refractivity contribution is 7.89. The Kier molecular flexibility index (Phi) is 6.15. The number of fused-ring (bicyclic) bond motifs is 1. The molecule has 1 aromatic heterocycles. The molecule has 7 heteroatoms. The molecule has 6 nitrogen and oxygen atoms in total. The van der Waals surface area contributed by atoms with Crippen molar-refractivity contribution in [3.05, 3.63) is 30.0 Å². The summed E-state index contributed by atoms with van der Waals surface area (Å²) in [6.45, 7) is 8.00. The van der Waals surface area contributed by atoms with Crippen molar-refractivity contribution in [2.24, 2.45) is 11.8 Å². The standard InChI is InChI=1S/C21H30N2O4S/c1-5-6-9-22(4)21(24)20-12-17-11-18(7-8-19(17)27-20)28(25,26)23-13-15(2)10-16(3)14-23/h7-8,11-12,15-16H,5-6,9-10,13-14H2,1-4H3. The van der Waals surface area contributed by atoms with Gasteiger partial charge in [0.15, 0.2) is 5.76 Å². The lowest BCUT2D eigenvalue weighted by Gasteiger charge is -2.34. The Hall–Kier alpha value is -1.86. The molecule has 0 bridgehead atoms. The lowest BCUT2D eigenvalue weighted by molar-refractivity contribution is 0.0764. The van der Waals surface area contributed by atoms with Crippen molar-refractivity contribution in [3.63, 3.8) is 0 Å². The van der Waals surface area contributed by atoms with Crippen molar-refractivity contribution in [1.29, 1.82) is 0 Å². The van der Waals surface area contributed by atoms with Crippen LogP contribution in [0.25, 0.3) is 11.0 Å². The molecular formula is C21H30N2O4S. The molecule has 154 valence electrons. The molecule has 1 aliphatic rings. The molecule has 2 heterocycles. The van der Waals surface area contributed by atoms with Gasteiger partial charge in [0.1, 0.15) is 5.58 Å². The van der Waals surface area contributed by atoms with E-state index in [1.807, 2.05) is 0 Å². The molecule has 1 aliphatic heterocycles. The monoisotopic (exact) mass is 406 g/mol. The van der Waals surface area contributed by atoms with Crippen LogP contribution in [0.3, 0.4) is 0 Å². The Balaban J connectivity index is 1.87. The maximum absolute atomic E-state index is 13.1. The second kappa shape index (κ2) is 8.25. The molecule has 1 aromatic carbocycles. The number of furan rings is 1. The van der Waals surface area contributed by atoms with Crippen LogP contribution in [-0.2, 0) is 10.0 Å². The zero-order chi connectivity index (χ0) is 20.5. The quantitative estimate of drug-likeness (QED) is 0.728. The van der Waals surface area contributed by atoms with Crippen molar-refractivity contribution in [2.75, 3.05) is 26.7 Å². The molecule has 0 spiro atoms. The molecule has 3 rings (SSSR count). The van der Waals surface area contributed by atoms with Gasteiger partial charge >= 0.3 is 0 Å². The topological polar surface area (TPSA) is 70.8 Å². The van der Waals surface area contributed by atoms with Gasteiger partial charge in [0.25, 0.3) is 5.91 Å². The van der Waals surface area contributed by atoms with Gasteiger partial charge in [0, 0.05) is 32.1 Å². The van der Waals surface area contributed by atoms with E-state index in [4.69, 9.17) is 4.42 Å². The predicted molar refractivity (Wildman–Crippen MR) is 110 cm³/mol. The predicted octanol–water partition coefficient (Wildman–Crippen LogP) is 3.97. The summed E-state index contributed by atoms with van der Waals surface area (Å²) < 4.78 is 33.5. The van der Waals surface area contributed by atoms with Crippen molar-refractivity contribution in [2.45, 2.75) is 44.9 Å². The van der Waals surface area contributed by atoms with Gasteiger partial charge in [-0.3, -0.25) is 4.79 Å². The van der Waals surface area contributed by atoms with Crippen LogP contribution in [0.1, 0.15) is 50.6 Å². The summed E-state index contributed by atoms with van der Waals surface area (Å²) in [7, 11) is -1.81. The molecule has 0 radical (unpaired) electrons. The highest BCUT2D eigenvalue weighted by atomic mass is 32.2. The van der Waals surface area contributed by atoms with Gasteiger partial charge in [0.2, 0.25) is 10.0 Å². The lowest BCUT2D eigenvalue weighted by Crippen LogP contribution is -2.42. The molecule has 0 saturated carbocycles. The van der Waals surface area contributed by atoms with Crippen molar-refractivity contribution in [1.82, 2.24) is 9.21 Å². The van der Waals surface area contributed by atoms with Crippen LogP contribution < -0.4 is 0 Å². The first-order valence-corrected chi connectivity index (χ1v) is 11.5. The van der Waals surface area contributed by atoms with Gasteiger partial charge in [0.05, 0.1) is 4.90 Å². The first kappa shape index (κ1) is 20.9. The smallest absolute Gasteiger partial charge is 0.289 e. The fourth-order valence-electron chi connectivity index (χ4n) is 3.92. The molecule has 1 saturated heterocycles. The first-order valence-electron chi connectivity index (χ1n) is 10.0. The van der Waals surface area contributed by atoms with E-state index < -0.39 is 10.0 Å². The molecule has 1 fully saturated rings. The minimum absolute atomic E-state index is 0.187. The van der Waals surface area contributed by atoms with Gasteiger partial charge in [-0.05, 0) is 48.9 Å². The number of carbonyl (C=O) groups is 1. The van der Waals surface area contributed by atoms with Gasteiger partial charge in [-0.15, -0.1) is 0 Å². The number of piperidine rings is 1.